The Labute approximate surface area is 109 Å². The molecule has 2 aliphatic rings. The Morgan fingerprint density at radius 2 is 2.06 bits per heavy atom. The lowest BCUT2D eigenvalue weighted by atomic mass is 9.71. The van der Waals surface area contributed by atoms with E-state index in [1.54, 1.807) is 0 Å². The molecule has 3 rings (SSSR count). The minimum atomic E-state index is 0.137. The van der Waals surface area contributed by atoms with E-state index in [2.05, 4.69) is 47.1 Å². The van der Waals surface area contributed by atoms with Gasteiger partial charge in [-0.3, -0.25) is 4.99 Å². The third-order valence-electron chi connectivity index (χ3n) is 4.62. The minimum absolute atomic E-state index is 0.137. The Hall–Kier alpha value is -1.51. The highest BCUT2D eigenvalue weighted by atomic mass is 15.4. The molecule has 0 amide bonds. The molecule has 3 nitrogen and oxygen atoms in total. The molecule has 0 aromatic heterocycles. The Balaban J connectivity index is 1.81. The summed E-state index contributed by atoms with van der Waals surface area (Å²) in [6.45, 7) is 4.06. The molecule has 1 atom stereocenters. The molecule has 1 aliphatic carbocycles. The van der Waals surface area contributed by atoms with Crippen molar-refractivity contribution < 1.29 is 0 Å². The van der Waals surface area contributed by atoms with Crippen LogP contribution in [0.15, 0.2) is 35.3 Å². The van der Waals surface area contributed by atoms with Crippen LogP contribution < -0.4 is 5.73 Å². The quantitative estimate of drug-likeness (QED) is 0.885. The topological polar surface area (TPSA) is 41.6 Å². The van der Waals surface area contributed by atoms with Gasteiger partial charge in [0.2, 0.25) is 0 Å². The molecule has 0 spiro atoms. The number of nitrogens with zero attached hydrogens (tertiary/aromatic N) is 2. The summed E-state index contributed by atoms with van der Waals surface area (Å²) >= 11 is 0. The van der Waals surface area contributed by atoms with Crippen molar-refractivity contribution in [2.75, 3.05) is 6.54 Å². The Morgan fingerprint density at radius 1 is 1.33 bits per heavy atom. The molecule has 2 N–H and O–H groups in total. The molecule has 3 heteroatoms. The van der Waals surface area contributed by atoms with E-state index in [-0.39, 0.29) is 5.54 Å². The van der Waals surface area contributed by atoms with E-state index in [0.717, 1.165) is 19.0 Å². The van der Waals surface area contributed by atoms with Crippen molar-refractivity contribution in [3.8, 4) is 0 Å². The lowest BCUT2D eigenvalue weighted by molar-refractivity contribution is 0.0764. The first-order valence-electron chi connectivity index (χ1n) is 6.81. The fourth-order valence-corrected chi connectivity index (χ4v) is 3.08. The highest BCUT2D eigenvalue weighted by molar-refractivity contribution is 5.81. The number of aliphatic imine (C=N–C) groups is 1. The van der Waals surface area contributed by atoms with Crippen LogP contribution in [0.5, 0.6) is 0 Å². The highest BCUT2D eigenvalue weighted by Gasteiger charge is 2.46. The summed E-state index contributed by atoms with van der Waals surface area (Å²) in [5.41, 5.74) is 7.54. The van der Waals surface area contributed by atoms with Crippen molar-refractivity contribution in [2.45, 2.75) is 38.3 Å². The summed E-state index contributed by atoms with van der Waals surface area (Å²) in [6, 6.07) is 10.5. The largest absolute Gasteiger partial charge is 0.370 e. The molecule has 1 unspecified atom stereocenters. The van der Waals surface area contributed by atoms with Gasteiger partial charge in [0.1, 0.15) is 0 Å². The van der Waals surface area contributed by atoms with E-state index < -0.39 is 0 Å². The van der Waals surface area contributed by atoms with Crippen molar-refractivity contribution in [1.82, 2.24) is 4.90 Å². The lowest BCUT2D eigenvalue weighted by Crippen LogP contribution is -2.55. The monoisotopic (exact) mass is 243 g/mol. The first-order valence-corrected chi connectivity index (χ1v) is 6.81. The van der Waals surface area contributed by atoms with Crippen LogP contribution in [0, 0.1) is 5.92 Å². The van der Waals surface area contributed by atoms with E-state index in [1.165, 1.54) is 24.8 Å². The van der Waals surface area contributed by atoms with Gasteiger partial charge in [0.25, 0.3) is 0 Å². The fourth-order valence-electron chi connectivity index (χ4n) is 3.08. The zero-order valence-electron chi connectivity index (χ0n) is 11.0. The molecule has 1 heterocycles. The molecule has 0 bridgehead atoms. The molecule has 0 saturated heterocycles. The van der Waals surface area contributed by atoms with E-state index in [4.69, 9.17) is 5.73 Å². The zero-order valence-corrected chi connectivity index (χ0v) is 11.0. The van der Waals surface area contributed by atoms with Crippen molar-refractivity contribution in [3.63, 3.8) is 0 Å². The van der Waals surface area contributed by atoms with Gasteiger partial charge in [-0.2, -0.15) is 0 Å². The Morgan fingerprint density at radius 3 is 2.67 bits per heavy atom. The average molecular weight is 243 g/mol. The van der Waals surface area contributed by atoms with Crippen molar-refractivity contribution in [3.05, 3.63) is 35.9 Å². The first-order chi connectivity index (χ1) is 8.70. The van der Waals surface area contributed by atoms with Crippen LogP contribution >= 0.6 is 0 Å². The SMILES string of the molecule is CC1(C2CCC2)CN=C(N)N1Cc1ccccc1. The van der Waals surface area contributed by atoms with E-state index in [1.807, 2.05) is 0 Å². The molecule has 1 aliphatic heterocycles. The molecule has 96 valence electrons. The number of nitrogens with two attached hydrogens (primary N) is 1. The predicted molar refractivity (Wildman–Crippen MR) is 74.2 cm³/mol. The van der Waals surface area contributed by atoms with Crippen molar-refractivity contribution in [2.24, 2.45) is 16.6 Å². The fraction of sp³-hybridized carbons (Fsp3) is 0.533. The number of guanidine groups is 1. The molecule has 1 aromatic carbocycles. The third-order valence-corrected chi connectivity index (χ3v) is 4.62. The second-order valence-corrected chi connectivity index (χ2v) is 5.73. The number of rotatable bonds is 3. The summed E-state index contributed by atoms with van der Waals surface area (Å²) < 4.78 is 0. The number of hydrogen-bond acceptors (Lipinski definition) is 3. The van der Waals surface area contributed by atoms with Crippen molar-refractivity contribution in [1.29, 1.82) is 0 Å². The van der Waals surface area contributed by atoms with Crippen LogP contribution in [-0.2, 0) is 6.54 Å². The summed E-state index contributed by atoms with van der Waals surface area (Å²) in [6.07, 6.45) is 4.01. The maximum absolute atomic E-state index is 6.09. The van der Waals surface area contributed by atoms with Crippen LogP contribution in [0.1, 0.15) is 31.7 Å². The molecule has 0 radical (unpaired) electrons. The van der Waals surface area contributed by atoms with Gasteiger partial charge >= 0.3 is 0 Å². The molecular formula is C15H21N3. The van der Waals surface area contributed by atoms with Crippen LogP contribution in [0.2, 0.25) is 0 Å². The van der Waals surface area contributed by atoms with Gasteiger partial charge < -0.3 is 10.6 Å². The standard InChI is InChI=1S/C15H21N3/c1-15(13-8-5-9-13)11-17-14(16)18(15)10-12-6-3-2-4-7-12/h2-4,6-7,13H,5,8-11H2,1H3,(H2,16,17). The minimum Gasteiger partial charge on any atom is -0.370 e. The lowest BCUT2D eigenvalue weighted by Gasteiger charge is -2.46. The van der Waals surface area contributed by atoms with Crippen LogP contribution in [0.25, 0.3) is 0 Å². The summed E-state index contributed by atoms with van der Waals surface area (Å²) in [5, 5.41) is 0. The van der Waals surface area contributed by atoms with Gasteiger partial charge in [0.05, 0.1) is 12.1 Å². The Kier molecular flexibility index (Phi) is 2.77. The normalized spacial score (nSPS) is 28.1. The molecule has 18 heavy (non-hydrogen) atoms. The molecule has 1 fully saturated rings. The Bertz CT molecular complexity index is 450. The maximum Gasteiger partial charge on any atom is 0.192 e. The molecular weight excluding hydrogens is 222 g/mol. The number of benzene rings is 1. The van der Waals surface area contributed by atoms with Gasteiger partial charge in [-0.15, -0.1) is 0 Å². The summed E-state index contributed by atoms with van der Waals surface area (Å²) in [4.78, 5) is 6.80. The highest BCUT2D eigenvalue weighted by Crippen LogP contribution is 2.42. The van der Waals surface area contributed by atoms with Gasteiger partial charge in [0, 0.05) is 6.54 Å². The summed E-state index contributed by atoms with van der Waals surface area (Å²) in [7, 11) is 0. The molecule has 1 saturated carbocycles. The van der Waals surface area contributed by atoms with Gasteiger partial charge in [-0.1, -0.05) is 36.8 Å². The van der Waals surface area contributed by atoms with E-state index in [0.29, 0.717) is 5.96 Å². The molecule has 1 aromatic rings. The zero-order chi connectivity index (χ0) is 12.6. The maximum atomic E-state index is 6.09. The number of hydrogen-bond donors (Lipinski definition) is 1. The second kappa shape index (κ2) is 4.30. The van der Waals surface area contributed by atoms with E-state index in [9.17, 15) is 0 Å². The van der Waals surface area contributed by atoms with Crippen LogP contribution in [0.3, 0.4) is 0 Å². The van der Waals surface area contributed by atoms with Crippen LogP contribution in [-0.4, -0.2) is 22.9 Å². The van der Waals surface area contributed by atoms with Gasteiger partial charge in [0.15, 0.2) is 5.96 Å². The van der Waals surface area contributed by atoms with Gasteiger partial charge in [-0.25, -0.2) is 0 Å². The first kappa shape index (κ1) is 11.6. The predicted octanol–water partition coefficient (Wildman–Crippen LogP) is 2.38. The summed E-state index contributed by atoms with van der Waals surface area (Å²) in [5.74, 6) is 1.47. The van der Waals surface area contributed by atoms with Crippen LogP contribution in [0.4, 0.5) is 0 Å². The van der Waals surface area contributed by atoms with E-state index >= 15 is 0 Å². The van der Waals surface area contributed by atoms with Crippen molar-refractivity contribution >= 4 is 5.96 Å². The smallest absolute Gasteiger partial charge is 0.192 e. The van der Waals surface area contributed by atoms with Gasteiger partial charge in [-0.05, 0) is 31.2 Å². The second-order valence-electron chi connectivity index (χ2n) is 5.73. The third kappa shape index (κ3) is 1.78. The average Bonchev–Trinajstić information content (AvgIpc) is 2.57.